The molecule has 7 heteroatoms. The Morgan fingerprint density at radius 2 is 1.96 bits per heavy atom. The summed E-state index contributed by atoms with van der Waals surface area (Å²) in [6, 6.07) is 5.85. The minimum atomic E-state index is -0.470. The number of rotatable bonds is 4. The van der Waals surface area contributed by atoms with Crippen LogP contribution in [0.15, 0.2) is 28.7 Å². The SMILES string of the molecule is C[C@H](Nc1nnc(-c2ccccc2F)o1)C(=O)N1CCC2(CC1)CC2. The topological polar surface area (TPSA) is 71.3 Å². The van der Waals surface area contributed by atoms with Gasteiger partial charge in [-0.3, -0.25) is 4.79 Å². The van der Waals surface area contributed by atoms with Crippen molar-refractivity contribution in [2.45, 2.75) is 38.6 Å². The normalized spacial score (nSPS) is 19.7. The van der Waals surface area contributed by atoms with Crippen molar-refractivity contribution in [1.82, 2.24) is 15.1 Å². The molecule has 2 aliphatic rings. The molecule has 2 fully saturated rings. The zero-order valence-electron chi connectivity index (χ0n) is 14.2. The van der Waals surface area contributed by atoms with Crippen molar-refractivity contribution < 1.29 is 13.6 Å². The molecule has 1 aromatic heterocycles. The zero-order valence-corrected chi connectivity index (χ0v) is 14.2. The summed E-state index contributed by atoms with van der Waals surface area (Å²) in [6.07, 6.45) is 4.82. The van der Waals surface area contributed by atoms with E-state index in [1.165, 1.54) is 18.9 Å². The van der Waals surface area contributed by atoms with Crippen molar-refractivity contribution in [3.63, 3.8) is 0 Å². The fourth-order valence-corrected chi connectivity index (χ4v) is 3.42. The van der Waals surface area contributed by atoms with E-state index in [-0.39, 0.29) is 23.4 Å². The lowest BCUT2D eigenvalue weighted by Gasteiger charge is -2.33. The molecule has 1 saturated carbocycles. The van der Waals surface area contributed by atoms with Crippen LogP contribution in [0, 0.1) is 11.2 Å². The average molecular weight is 344 g/mol. The summed E-state index contributed by atoms with van der Waals surface area (Å²) in [5.74, 6) is -0.306. The van der Waals surface area contributed by atoms with E-state index in [4.69, 9.17) is 4.42 Å². The number of carbonyl (C=O) groups excluding carboxylic acids is 1. The second-order valence-corrected chi connectivity index (χ2v) is 7.08. The van der Waals surface area contributed by atoms with Gasteiger partial charge in [0.1, 0.15) is 11.9 Å². The molecule has 2 aromatic rings. The van der Waals surface area contributed by atoms with Crippen molar-refractivity contribution in [1.29, 1.82) is 0 Å². The Bertz CT molecular complexity index is 777. The summed E-state index contributed by atoms with van der Waals surface area (Å²) < 4.78 is 19.2. The number of halogens is 1. The van der Waals surface area contributed by atoms with E-state index in [1.54, 1.807) is 25.1 Å². The molecule has 2 heterocycles. The Balaban J connectivity index is 1.38. The third kappa shape index (κ3) is 3.23. The highest BCUT2D eigenvalue weighted by Crippen LogP contribution is 2.53. The van der Waals surface area contributed by atoms with Gasteiger partial charge in [0.05, 0.1) is 5.56 Å². The number of benzene rings is 1. The van der Waals surface area contributed by atoms with Gasteiger partial charge in [0, 0.05) is 13.1 Å². The second kappa shape index (κ2) is 6.13. The van der Waals surface area contributed by atoms with E-state index in [2.05, 4.69) is 15.5 Å². The van der Waals surface area contributed by atoms with Crippen molar-refractivity contribution in [3.8, 4) is 11.5 Å². The van der Waals surface area contributed by atoms with Gasteiger partial charge in [0.15, 0.2) is 0 Å². The number of nitrogens with one attached hydrogen (secondary N) is 1. The van der Waals surface area contributed by atoms with E-state index < -0.39 is 11.9 Å². The summed E-state index contributed by atoms with van der Waals surface area (Å²) in [7, 11) is 0. The lowest BCUT2D eigenvalue weighted by atomic mass is 9.93. The Kier molecular flexibility index (Phi) is 3.94. The Labute approximate surface area is 145 Å². The van der Waals surface area contributed by atoms with Crippen LogP contribution in [0.3, 0.4) is 0 Å². The third-order valence-electron chi connectivity index (χ3n) is 5.33. The maximum Gasteiger partial charge on any atom is 0.316 e. The lowest BCUT2D eigenvalue weighted by molar-refractivity contribution is -0.133. The van der Waals surface area contributed by atoms with Gasteiger partial charge < -0.3 is 14.6 Å². The Morgan fingerprint density at radius 3 is 2.64 bits per heavy atom. The van der Waals surface area contributed by atoms with Gasteiger partial charge in [-0.15, -0.1) is 5.10 Å². The highest BCUT2D eigenvalue weighted by Gasteiger charge is 2.45. The molecule has 1 aliphatic carbocycles. The Morgan fingerprint density at radius 1 is 1.24 bits per heavy atom. The first kappa shape index (κ1) is 16.1. The molecule has 4 rings (SSSR count). The maximum absolute atomic E-state index is 13.8. The summed E-state index contributed by atoms with van der Waals surface area (Å²) in [4.78, 5) is 14.5. The molecular weight excluding hydrogens is 323 g/mol. The molecule has 6 nitrogen and oxygen atoms in total. The fourth-order valence-electron chi connectivity index (χ4n) is 3.42. The predicted molar refractivity (Wildman–Crippen MR) is 90.3 cm³/mol. The van der Waals surface area contributed by atoms with Crippen molar-refractivity contribution >= 4 is 11.9 Å². The predicted octanol–water partition coefficient (Wildman–Crippen LogP) is 3.08. The standard InChI is InChI=1S/C18H21FN4O2/c1-12(16(24)23-10-8-18(6-7-18)9-11-23)20-17-22-21-15(25-17)13-4-2-3-5-14(13)19/h2-5,12H,6-11H2,1H3,(H,20,22)/t12-/m0/s1. The first-order valence-corrected chi connectivity index (χ1v) is 8.70. The van der Waals surface area contributed by atoms with Gasteiger partial charge in [-0.2, -0.15) is 0 Å². The van der Waals surface area contributed by atoms with E-state index >= 15 is 0 Å². The molecule has 0 unspecified atom stereocenters. The second-order valence-electron chi connectivity index (χ2n) is 7.08. The zero-order chi connectivity index (χ0) is 17.4. The van der Waals surface area contributed by atoms with Crippen LogP contribution in [-0.4, -0.2) is 40.1 Å². The summed E-state index contributed by atoms with van der Waals surface area (Å²) in [5.41, 5.74) is 0.780. The van der Waals surface area contributed by atoms with Gasteiger partial charge in [-0.25, -0.2) is 4.39 Å². The van der Waals surface area contributed by atoms with Gasteiger partial charge in [-0.1, -0.05) is 17.2 Å². The molecule has 132 valence electrons. The van der Waals surface area contributed by atoms with Crippen LogP contribution in [0.25, 0.3) is 11.5 Å². The summed E-state index contributed by atoms with van der Waals surface area (Å²) in [5, 5.41) is 10.7. The number of likely N-dealkylation sites (tertiary alicyclic amines) is 1. The highest BCUT2D eigenvalue weighted by atomic mass is 19.1. The van der Waals surface area contributed by atoms with Crippen molar-refractivity contribution in [2.75, 3.05) is 18.4 Å². The van der Waals surface area contributed by atoms with Crippen LogP contribution in [0.5, 0.6) is 0 Å². The Hall–Kier alpha value is -2.44. The van der Waals surface area contributed by atoms with E-state index in [1.807, 2.05) is 4.90 Å². The van der Waals surface area contributed by atoms with Crippen LogP contribution >= 0.6 is 0 Å². The first-order chi connectivity index (χ1) is 12.1. The summed E-state index contributed by atoms with van der Waals surface area (Å²) in [6.45, 7) is 3.40. The van der Waals surface area contributed by atoms with E-state index in [0.717, 1.165) is 25.9 Å². The van der Waals surface area contributed by atoms with Gasteiger partial charge in [0.25, 0.3) is 5.89 Å². The van der Waals surface area contributed by atoms with Crippen LogP contribution in [0.1, 0.15) is 32.6 Å². The minimum absolute atomic E-state index is 0.0288. The first-order valence-electron chi connectivity index (χ1n) is 8.70. The third-order valence-corrected chi connectivity index (χ3v) is 5.33. The number of nitrogens with zero attached hydrogens (tertiary/aromatic N) is 3. The lowest BCUT2D eigenvalue weighted by Crippen LogP contribution is -2.45. The van der Waals surface area contributed by atoms with Crippen LogP contribution in [0.2, 0.25) is 0 Å². The van der Waals surface area contributed by atoms with Gasteiger partial charge >= 0.3 is 6.01 Å². The molecule has 0 bridgehead atoms. The van der Waals surface area contributed by atoms with Gasteiger partial charge in [0.2, 0.25) is 5.91 Å². The van der Waals surface area contributed by atoms with Crippen LogP contribution in [-0.2, 0) is 4.79 Å². The van der Waals surface area contributed by atoms with Gasteiger partial charge in [-0.05, 0) is 50.2 Å². The van der Waals surface area contributed by atoms with E-state index in [0.29, 0.717) is 5.41 Å². The molecule has 1 atom stereocenters. The number of aromatic nitrogens is 2. The van der Waals surface area contributed by atoms with Crippen molar-refractivity contribution in [3.05, 3.63) is 30.1 Å². The maximum atomic E-state index is 13.8. The molecule has 1 aliphatic heterocycles. The number of hydrogen-bond acceptors (Lipinski definition) is 5. The quantitative estimate of drug-likeness (QED) is 0.923. The minimum Gasteiger partial charge on any atom is -0.403 e. The van der Waals surface area contributed by atoms with Crippen molar-refractivity contribution in [2.24, 2.45) is 5.41 Å². The molecule has 1 amide bonds. The molecule has 1 saturated heterocycles. The molecule has 1 aromatic carbocycles. The van der Waals surface area contributed by atoms with E-state index in [9.17, 15) is 9.18 Å². The van der Waals surface area contributed by atoms with Crippen LogP contribution < -0.4 is 5.32 Å². The largest absolute Gasteiger partial charge is 0.403 e. The molecule has 1 spiro atoms. The molecule has 0 radical (unpaired) electrons. The molecular formula is C18H21FN4O2. The molecule has 25 heavy (non-hydrogen) atoms. The number of amides is 1. The average Bonchev–Trinajstić information content (AvgIpc) is 3.21. The summed E-state index contributed by atoms with van der Waals surface area (Å²) >= 11 is 0. The number of hydrogen-bond donors (Lipinski definition) is 1. The smallest absolute Gasteiger partial charge is 0.316 e. The number of anilines is 1. The number of carbonyl (C=O) groups is 1. The fraction of sp³-hybridized carbons (Fsp3) is 0.500. The monoisotopic (exact) mass is 344 g/mol. The number of piperidine rings is 1. The van der Waals surface area contributed by atoms with Crippen LogP contribution in [0.4, 0.5) is 10.4 Å². The molecule has 1 N–H and O–H groups in total. The highest BCUT2D eigenvalue weighted by molar-refractivity contribution is 5.83.